The van der Waals surface area contributed by atoms with E-state index in [1.807, 2.05) is 13.8 Å². The summed E-state index contributed by atoms with van der Waals surface area (Å²) >= 11 is 0. The number of hydrogen-bond donors (Lipinski definition) is 2. The number of likely N-dealkylation sites (N-methyl/N-ethyl adjacent to an activating group) is 1. The lowest BCUT2D eigenvalue weighted by molar-refractivity contribution is -0.122. The first-order valence-corrected chi connectivity index (χ1v) is 6.43. The Balaban J connectivity index is 2.25. The van der Waals surface area contributed by atoms with E-state index < -0.39 is 0 Å². The molecular formula is C12H25N3O. The van der Waals surface area contributed by atoms with E-state index in [1.54, 1.807) is 0 Å². The topological polar surface area (TPSA) is 44.4 Å². The lowest BCUT2D eigenvalue weighted by Crippen LogP contribution is -2.50. The average Bonchev–Trinajstić information content (AvgIpc) is 2.30. The third-order valence-corrected chi connectivity index (χ3v) is 3.26. The van der Waals surface area contributed by atoms with Crippen molar-refractivity contribution < 1.29 is 4.79 Å². The second-order valence-corrected chi connectivity index (χ2v) is 4.49. The molecule has 1 atom stereocenters. The van der Waals surface area contributed by atoms with E-state index in [0.29, 0.717) is 12.6 Å². The molecule has 16 heavy (non-hydrogen) atoms. The highest BCUT2D eigenvalue weighted by molar-refractivity contribution is 5.81. The minimum atomic E-state index is -0.0712. The van der Waals surface area contributed by atoms with E-state index in [-0.39, 0.29) is 11.9 Å². The van der Waals surface area contributed by atoms with Crippen LogP contribution < -0.4 is 10.6 Å². The van der Waals surface area contributed by atoms with E-state index in [9.17, 15) is 4.79 Å². The number of carbonyl (C=O) groups is 1. The first-order chi connectivity index (χ1) is 7.67. The van der Waals surface area contributed by atoms with E-state index >= 15 is 0 Å². The summed E-state index contributed by atoms with van der Waals surface area (Å²) in [6.45, 7) is 10.2. The molecule has 0 aromatic rings. The van der Waals surface area contributed by atoms with E-state index in [0.717, 1.165) is 32.5 Å². The molecule has 1 aliphatic heterocycles. The van der Waals surface area contributed by atoms with Crippen LogP contribution in [-0.2, 0) is 4.79 Å². The van der Waals surface area contributed by atoms with Gasteiger partial charge in [-0.2, -0.15) is 0 Å². The largest absolute Gasteiger partial charge is 0.355 e. The number of rotatable bonds is 5. The van der Waals surface area contributed by atoms with Gasteiger partial charge in [-0.1, -0.05) is 6.92 Å². The molecule has 1 saturated heterocycles. The summed E-state index contributed by atoms with van der Waals surface area (Å²) in [6, 6.07) is 0.429. The van der Waals surface area contributed by atoms with Crippen LogP contribution in [0, 0.1) is 0 Å². The van der Waals surface area contributed by atoms with Crippen LogP contribution >= 0.6 is 0 Å². The smallest absolute Gasteiger partial charge is 0.236 e. The Morgan fingerprint density at radius 2 is 2.00 bits per heavy atom. The van der Waals surface area contributed by atoms with Crippen LogP contribution in [0.25, 0.3) is 0 Å². The number of amides is 1. The maximum Gasteiger partial charge on any atom is 0.236 e. The monoisotopic (exact) mass is 227 g/mol. The van der Waals surface area contributed by atoms with Crippen molar-refractivity contribution in [3.05, 3.63) is 0 Å². The van der Waals surface area contributed by atoms with Crippen LogP contribution in [0.3, 0.4) is 0 Å². The highest BCUT2D eigenvalue weighted by Crippen LogP contribution is 2.10. The van der Waals surface area contributed by atoms with E-state index in [2.05, 4.69) is 22.5 Å². The molecule has 1 fully saturated rings. The molecule has 1 amide bonds. The Morgan fingerprint density at radius 1 is 1.38 bits per heavy atom. The molecular weight excluding hydrogens is 202 g/mol. The number of nitrogens with one attached hydrogen (secondary N) is 2. The van der Waals surface area contributed by atoms with Crippen LogP contribution in [0.5, 0.6) is 0 Å². The van der Waals surface area contributed by atoms with Gasteiger partial charge in [0.05, 0.1) is 6.04 Å². The lowest BCUT2D eigenvalue weighted by atomic mass is 10.0. The summed E-state index contributed by atoms with van der Waals surface area (Å²) in [5.41, 5.74) is 0. The fourth-order valence-corrected chi connectivity index (χ4v) is 2.17. The van der Waals surface area contributed by atoms with Gasteiger partial charge in [-0.3, -0.25) is 4.79 Å². The molecule has 0 aromatic heterocycles. The highest BCUT2D eigenvalue weighted by Gasteiger charge is 2.21. The van der Waals surface area contributed by atoms with Gasteiger partial charge in [0, 0.05) is 12.6 Å². The standard InChI is InChI=1S/C12H25N3O/c1-4-13-12(16)10(3)14-11-6-8-15(5-2)9-7-11/h10-11,14H,4-9H2,1-3H3,(H,13,16). The fourth-order valence-electron chi connectivity index (χ4n) is 2.17. The highest BCUT2D eigenvalue weighted by atomic mass is 16.2. The molecule has 94 valence electrons. The van der Waals surface area contributed by atoms with Gasteiger partial charge in [-0.25, -0.2) is 0 Å². The first kappa shape index (κ1) is 13.5. The molecule has 0 aromatic carbocycles. The van der Waals surface area contributed by atoms with Gasteiger partial charge in [-0.05, 0) is 46.3 Å². The van der Waals surface area contributed by atoms with Crippen molar-refractivity contribution in [2.45, 2.75) is 45.7 Å². The molecule has 0 aliphatic carbocycles. The zero-order valence-electron chi connectivity index (χ0n) is 10.8. The molecule has 0 bridgehead atoms. The van der Waals surface area contributed by atoms with Crippen molar-refractivity contribution >= 4 is 5.91 Å². The van der Waals surface area contributed by atoms with Gasteiger partial charge >= 0.3 is 0 Å². The summed E-state index contributed by atoms with van der Waals surface area (Å²) in [6.07, 6.45) is 2.30. The minimum absolute atomic E-state index is 0.0712. The number of likely N-dealkylation sites (tertiary alicyclic amines) is 1. The van der Waals surface area contributed by atoms with Crippen molar-refractivity contribution in [3.8, 4) is 0 Å². The molecule has 4 nitrogen and oxygen atoms in total. The third-order valence-electron chi connectivity index (χ3n) is 3.26. The number of hydrogen-bond acceptors (Lipinski definition) is 3. The van der Waals surface area contributed by atoms with Crippen molar-refractivity contribution in [1.29, 1.82) is 0 Å². The molecule has 4 heteroatoms. The van der Waals surface area contributed by atoms with Gasteiger partial charge in [0.25, 0.3) is 0 Å². The molecule has 1 rings (SSSR count). The van der Waals surface area contributed by atoms with Crippen molar-refractivity contribution in [1.82, 2.24) is 15.5 Å². The number of nitrogens with zero attached hydrogens (tertiary/aromatic N) is 1. The predicted molar refractivity (Wildman–Crippen MR) is 66.4 cm³/mol. The molecule has 0 radical (unpaired) electrons. The van der Waals surface area contributed by atoms with Crippen molar-refractivity contribution in [2.24, 2.45) is 0 Å². The maximum atomic E-state index is 11.6. The third kappa shape index (κ3) is 4.10. The number of carbonyl (C=O) groups excluding carboxylic acids is 1. The molecule has 1 heterocycles. The Labute approximate surface area is 98.8 Å². The predicted octanol–water partition coefficient (Wildman–Crippen LogP) is 0.585. The molecule has 0 saturated carbocycles. The SMILES string of the molecule is CCNC(=O)C(C)NC1CCN(CC)CC1. The second-order valence-electron chi connectivity index (χ2n) is 4.49. The van der Waals surface area contributed by atoms with E-state index in [1.165, 1.54) is 0 Å². The summed E-state index contributed by atoms with van der Waals surface area (Å²) in [7, 11) is 0. The minimum Gasteiger partial charge on any atom is -0.355 e. The summed E-state index contributed by atoms with van der Waals surface area (Å²) in [5.74, 6) is 0.112. The Kier molecular flexibility index (Phi) is 5.77. The Bertz CT molecular complexity index is 212. The van der Waals surface area contributed by atoms with Crippen molar-refractivity contribution in [3.63, 3.8) is 0 Å². The van der Waals surface area contributed by atoms with Gasteiger partial charge in [0.1, 0.15) is 0 Å². The molecule has 2 N–H and O–H groups in total. The normalized spacial score (nSPS) is 20.7. The first-order valence-electron chi connectivity index (χ1n) is 6.43. The average molecular weight is 227 g/mol. The molecule has 1 unspecified atom stereocenters. The molecule has 0 spiro atoms. The van der Waals surface area contributed by atoms with Gasteiger partial charge in [0.2, 0.25) is 5.91 Å². The van der Waals surface area contributed by atoms with E-state index in [4.69, 9.17) is 0 Å². The second kappa shape index (κ2) is 6.86. The van der Waals surface area contributed by atoms with Gasteiger partial charge in [0.15, 0.2) is 0 Å². The fraction of sp³-hybridized carbons (Fsp3) is 0.917. The summed E-state index contributed by atoms with van der Waals surface area (Å²) in [4.78, 5) is 14.0. The van der Waals surface area contributed by atoms with Gasteiger partial charge < -0.3 is 15.5 Å². The quantitative estimate of drug-likeness (QED) is 0.722. The zero-order valence-corrected chi connectivity index (χ0v) is 10.8. The zero-order chi connectivity index (χ0) is 12.0. The Morgan fingerprint density at radius 3 is 2.50 bits per heavy atom. The summed E-state index contributed by atoms with van der Waals surface area (Å²) < 4.78 is 0. The van der Waals surface area contributed by atoms with Crippen LogP contribution in [-0.4, -0.2) is 49.1 Å². The lowest BCUT2D eigenvalue weighted by Gasteiger charge is -2.32. The number of piperidine rings is 1. The maximum absolute atomic E-state index is 11.6. The molecule has 1 aliphatic rings. The van der Waals surface area contributed by atoms with Crippen LogP contribution in [0.1, 0.15) is 33.6 Å². The Hall–Kier alpha value is -0.610. The van der Waals surface area contributed by atoms with Gasteiger partial charge in [-0.15, -0.1) is 0 Å². The summed E-state index contributed by atoms with van der Waals surface area (Å²) in [5, 5.41) is 6.25. The van der Waals surface area contributed by atoms with Crippen LogP contribution in [0.2, 0.25) is 0 Å². The van der Waals surface area contributed by atoms with Crippen LogP contribution in [0.15, 0.2) is 0 Å². The van der Waals surface area contributed by atoms with Crippen molar-refractivity contribution in [2.75, 3.05) is 26.2 Å². The van der Waals surface area contributed by atoms with Crippen LogP contribution in [0.4, 0.5) is 0 Å².